The van der Waals surface area contributed by atoms with Gasteiger partial charge in [0, 0.05) is 12.1 Å². The summed E-state index contributed by atoms with van der Waals surface area (Å²) in [4.78, 5) is 21.9. The van der Waals surface area contributed by atoms with Crippen molar-refractivity contribution < 1.29 is 14.8 Å². The molecule has 0 spiro atoms. The number of aromatic hydroxyl groups is 1. The van der Waals surface area contributed by atoms with Gasteiger partial charge in [-0.2, -0.15) is 10.4 Å². The molecule has 0 aliphatic heterocycles. The fraction of sp³-hybridized carbons (Fsp3) is 0. The molecule has 0 atom stereocenters. The number of nitro benzene ring substituents is 1. The zero-order valence-electron chi connectivity index (χ0n) is 11.6. The van der Waals surface area contributed by atoms with Crippen LogP contribution in [-0.4, -0.2) is 22.2 Å². The smallest absolute Gasteiger partial charge is 0.275 e. The van der Waals surface area contributed by atoms with Crippen molar-refractivity contribution in [1.29, 1.82) is 5.26 Å². The molecule has 0 aromatic heterocycles. The van der Waals surface area contributed by atoms with E-state index in [1.54, 1.807) is 24.3 Å². The number of nitrogens with one attached hydrogen (secondary N) is 1. The number of carbonyl (C=O) groups excluding carboxylic acids is 1. The molecule has 8 nitrogen and oxygen atoms in total. The molecule has 0 saturated carbocycles. The third-order valence-electron chi connectivity index (χ3n) is 2.86. The second kappa shape index (κ2) is 6.82. The lowest BCUT2D eigenvalue weighted by Gasteiger charge is -2.02. The molecule has 0 saturated heterocycles. The predicted molar refractivity (Wildman–Crippen MR) is 81.0 cm³/mol. The summed E-state index contributed by atoms with van der Waals surface area (Å²) in [7, 11) is 0. The monoisotopic (exact) mass is 310 g/mol. The van der Waals surface area contributed by atoms with Crippen LogP contribution in [0.3, 0.4) is 0 Å². The van der Waals surface area contributed by atoms with Gasteiger partial charge in [0.15, 0.2) is 0 Å². The van der Waals surface area contributed by atoms with E-state index >= 15 is 0 Å². The van der Waals surface area contributed by atoms with Gasteiger partial charge in [-0.1, -0.05) is 12.1 Å². The van der Waals surface area contributed by atoms with Gasteiger partial charge in [0.25, 0.3) is 11.6 Å². The fourth-order valence-electron chi connectivity index (χ4n) is 1.69. The summed E-state index contributed by atoms with van der Waals surface area (Å²) in [5, 5.41) is 32.7. The van der Waals surface area contributed by atoms with Crippen molar-refractivity contribution in [2.24, 2.45) is 5.10 Å². The summed E-state index contributed by atoms with van der Waals surface area (Å²) in [6.07, 6.45) is 1.34. The van der Waals surface area contributed by atoms with Gasteiger partial charge in [-0.3, -0.25) is 14.9 Å². The minimum atomic E-state index is -0.781. The van der Waals surface area contributed by atoms with Crippen LogP contribution in [0.15, 0.2) is 47.6 Å². The van der Waals surface area contributed by atoms with Gasteiger partial charge in [0.1, 0.15) is 5.75 Å². The molecule has 0 bridgehead atoms. The van der Waals surface area contributed by atoms with E-state index in [2.05, 4.69) is 10.5 Å². The Kier molecular flexibility index (Phi) is 4.64. The second-order valence-corrected chi connectivity index (χ2v) is 4.39. The first-order valence-electron chi connectivity index (χ1n) is 6.32. The molecule has 2 N–H and O–H groups in total. The molecule has 0 radical (unpaired) electrons. The van der Waals surface area contributed by atoms with Crippen molar-refractivity contribution in [1.82, 2.24) is 5.43 Å². The molecule has 0 unspecified atom stereocenters. The molecule has 23 heavy (non-hydrogen) atoms. The molecule has 0 aliphatic carbocycles. The second-order valence-electron chi connectivity index (χ2n) is 4.39. The molecule has 2 aromatic rings. The number of hydrogen-bond acceptors (Lipinski definition) is 6. The predicted octanol–water partition coefficient (Wildman–Crippen LogP) is 1.94. The third-order valence-corrected chi connectivity index (χ3v) is 2.86. The van der Waals surface area contributed by atoms with Gasteiger partial charge in [-0.05, 0) is 23.8 Å². The summed E-state index contributed by atoms with van der Waals surface area (Å²) >= 11 is 0. The number of non-ortho nitro benzene ring substituents is 1. The van der Waals surface area contributed by atoms with Crippen LogP contribution in [0.5, 0.6) is 5.75 Å². The normalized spacial score (nSPS) is 10.2. The molecule has 2 rings (SSSR count). The summed E-state index contributed by atoms with van der Waals surface area (Å²) in [6, 6.07) is 11.6. The zero-order valence-corrected chi connectivity index (χ0v) is 11.6. The minimum Gasteiger partial charge on any atom is -0.507 e. The topological polar surface area (TPSA) is 129 Å². The quantitative estimate of drug-likeness (QED) is 0.506. The maximum atomic E-state index is 11.9. The summed E-state index contributed by atoms with van der Waals surface area (Å²) in [5.74, 6) is -1.17. The molecule has 1 amide bonds. The van der Waals surface area contributed by atoms with E-state index < -0.39 is 10.8 Å². The Labute approximate surface area is 130 Å². The Hall–Kier alpha value is -3.73. The van der Waals surface area contributed by atoms with Crippen molar-refractivity contribution in [2.45, 2.75) is 0 Å². The summed E-state index contributed by atoms with van der Waals surface area (Å²) in [5.41, 5.74) is 2.74. The lowest BCUT2D eigenvalue weighted by atomic mass is 10.1. The average Bonchev–Trinajstić information content (AvgIpc) is 2.55. The number of nitro groups is 1. The lowest BCUT2D eigenvalue weighted by Crippen LogP contribution is -2.18. The van der Waals surface area contributed by atoms with Crippen LogP contribution in [0.25, 0.3) is 0 Å². The number of benzene rings is 2. The molecular formula is C15H10N4O4. The van der Waals surface area contributed by atoms with Crippen molar-refractivity contribution in [3.63, 3.8) is 0 Å². The third kappa shape index (κ3) is 3.89. The standard InChI is InChI=1S/C15H10N4O4/c16-8-10-1-3-11(4-2-10)9-17-18-15(21)13-7-12(19(22)23)5-6-14(13)20/h1-7,9,20H,(H,18,21)/b17-9+. The van der Waals surface area contributed by atoms with Crippen LogP contribution >= 0.6 is 0 Å². The maximum Gasteiger partial charge on any atom is 0.275 e. The van der Waals surface area contributed by atoms with Crippen LogP contribution in [0.2, 0.25) is 0 Å². The Balaban J connectivity index is 2.10. The molecule has 2 aromatic carbocycles. The van der Waals surface area contributed by atoms with Crippen molar-refractivity contribution in [3.8, 4) is 11.8 Å². The van der Waals surface area contributed by atoms with Crippen LogP contribution in [0, 0.1) is 21.4 Å². The number of hydrogen-bond donors (Lipinski definition) is 2. The van der Waals surface area contributed by atoms with E-state index in [1.165, 1.54) is 6.21 Å². The van der Waals surface area contributed by atoms with E-state index in [0.29, 0.717) is 11.1 Å². The van der Waals surface area contributed by atoms with Crippen LogP contribution in [0.1, 0.15) is 21.5 Å². The van der Waals surface area contributed by atoms with Crippen LogP contribution < -0.4 is 5.43 Å². The van der Waals surface area contributed by atoms with Gasteiger partial charge in [-0.15, -0.1) is 0 Å². The Morgan fingerprint density at radius 3 is 2.61 bits per heavy atom. The van der Waals surface area contributed by atoms with E-state index in [-0.39, 0.29) is 17.0 Å². The lowest BCUT2D eigenvalue weighted by molar-refractivity contribution is -0.384. The molecule has 8 heteroatoms. The van der Waals surface area contributed by atoms with Crippen molar-refractivity contribution in [2.75, 3.05) is 0 Å². The molecule has 0 heterocycles. The minimum absolute atomic E-state index is 0.254. The van der Waals surface area contributed by atoms with E-state index in [9.17, 15) is 20.0 Å². The summed E-state index contributed by atoms with van der Waals surface area (Å²) < 4.78 is 0. The first-order valence-corrected chi connectivity index (χ1v) is 6.32. The van der Waals surface area contributed by atoms with E-state index in [1.807, 2.05) is 6.07 Å². The number of hydrazone groups is 1. The van der Waals surface area contributed by atoms with E-state index in [0.717, 1.165) is 18.2 Å². The number of nitriles is 1. The SMILES string of the molecule is N#Cc1ccc(/C=N/NC(=O)c2cc([N+](=O)[O-])ccc2O)cc1. The van der Waals surface area contributed by atoms with Crippen molar-refractivity contribution in [3.05, 3.63) is 69.3 Å². The number of phenols is 1. The highest BCUT2D eigenvalue weighted by atomic mass is 16.6. The number of phenolic OH excluding ortho intramolecular Hbond substituents is 1. The Morgan fingerprint density at radius 2 is 2.00 bits per heavy atom. The van der Waals surface area contributed by atoms with Crippen LogP contribution in [-0.2, 0) is 0 Å². The molecular weight excluding hydrogens is 300 g/mol. The first kappa shape index (κ1) is 15.7. The van der Waals surface area contributed by atoms with E-state index in [4.69, 9.17) is 5.26 Å². The highest BCUT2D eigenvalue weighted by Gasteiger charge is 2.15. The number of rotatable bonds is 4. The van der Waals surface area contributed by atoms with Gasteiger partial charge < -0.3 is 5.11 Å². The zero-order chi connectivity index (χ0) is 16.8. The molecule has 0 aliphatic rings. The summed E-state index contributed by atoms with van der Waals surface area (Å²) in [6.45, 7) is 0. The highest BCUT2D eigenvalue weighted by molar-refractivity contribution is 5.97. The average molecular weight is 310 g/mol. The Bertz CT molecular complexity index is 822. The highest BCUT2D eigenvalue weighted by Crippen LogP contribution is 2.22. The number of amides is 1. The fourth-order valence-corrected chi connectivity index (χ4v) is 1.69. The van der Waals surface area contributed by atoms with Gasteiger partial charge in [0.2, 0.25) is 0 Å². The Morgan fingerprint density at radius 1 is 1.30 bits per heavy atom. The molecule has 0 fully saturated rings. The van der Waals surface area contributed by atoms with Crippen molar-refractivity contribution >= 4 is 17.8 Å². The maximum absolute atomic E-state index is 11.9. The largest absolute Gasteiger partial charge is 0.507 e. The van der Waals surface area contributed by atoms with Gasteiger partial charge in [-0.25, -0.2) is 5.43 Å². The number of nitrogens with zero attached hydrogens (tertiary/aromatic N) is 3. The van der Waals surface area contributed by atoms with Crippen LogP contribution in [0.4, 0.5) is 5.69 Å². The number of carbonyl (C=O) groups is 1. The van der Waals surface area contributed by atoms with Gasteiger partial charge >= 0.3 is 0 Å². The first-order chi connectivity index (χ1) is 11.0. The molecule has 114 valence electrons. The van der Waals surface area contributed by atoms with Gasteiger partial charge in [0.05, 0.1) is 28.3 Å².